The van der Waals surface area contributed by atoms with Crippen LogP contribution in [0, 0.1) is 0 Å². The fourth-order valence-electron chi connectivity index (χ4n) is 4.48. The van der Waals surface area contributed by atoms with E-state index in [0.29, 0.717) is 0 Å². The molecule has 3 saturated heterocycles. The molecule has 3 rings (SSSR count). The summed E-state index contributed by atoms with van der Waals surface area (Å²) in [5.41, 5.74) is 0. The first-order valence-corrected chi connectivity index (χ1v) is 12.1. The second-order valence-electron chi connectivity index (χ2n) is 9.22. The average Bonchev–Trinajstić information content (AvgIpc) is 2.97. The summed E-state index contributed by atoms with van der Waals surface area (Å²) in [5, 5.41) is 73.2. The zero-order valence-corrected chi connectivity index (χ0v) is 22.2. The zero-order valence-electron chi connectivity index (χ0n) is 22.2. The van der Waals surface area contributed by atoms with Crippen LogP contribution in [0.25, 0.3) is 0 Å². The Hall–Kier alpha value is -2.11. The Morgan fingerprint density at radius 1 is 0.463 bits per heavy atom. The van der Waals surface area contributed by atoms with Crippen LogP contribution in [0.3, 0.4) is 0 Å². The minimum atomic E-state index is -2.12. The van der Waals surface area contributed by atoms with Crippen molar-refractivity contribution in [3.63, 3.8) is 0 Å². The van der Waals surface area contributed by atoms with Gasteiger partial charge in [0.15, 0.2) is 37.2 Å². The number of methoxy groups -OCH3 is 4. The van der Waals surface area contributed by atoms with Crippen molar-refractivity contribution in [2.45, 2.75) is 92.1 Å². The Labute approximate surface area is 231 Å². The highest BCUT2D eigenvalue weighted by atomic mass is 16.8. The van der Waals surface area contributed by atoms with Crippen molar-refractivity contribution in [1.29, 1.82) is 0 Å². The predicted octanol–water partition coefficient (Wildman–Crippen LogP) is -6.38. The van der Waals surface area contributed by atoms with Gasteiger partial charge >= 0.3 is 17.9 Å². The molecule has 15 atom stereocenters. The lowest BCUT2D eigenvalue weighted by Gasteiger charge is -2.47. The van der Waals surface area contributed by atoms with Crippen LogP contribution in [0.2, 0.25) is 0 Å². The van der Waals surface area contributed by atoms with E-state index >= 15 is 0 Å². The molecule has 19 heteroatoms. The summed E-state index contributed by atoms with van der Waals surface area (Å²) in [6.45, 7) is 0. The molecule has 3 fully saturated rings. The van der Waals surface area contributed by atoms with Crippen molar-refractivity contribution < 1.29 is 92.8 Å². The van der Waals surface area contributed by atoms with Crippen LogP contribution in [0.1, 0.15) is 0 Å². The Kier molecular flexibility index (Phi) is 11.3. The van der Waals surface area contributed by atoms with Crippen LogP contribution in [0.5, 0.6) is 0 Å². The summed E-state index contributed by atoms with van der Waals surface area (Å²) < 4.78 is 45.5. The van der Waals surface area contributed by atoms with E-state index in [9.17, 15) is 50.1 Å². The molecule has 0 radical (unpaired) electrons. The van der Waals surface area contributed by atoms with Gasteiger partial charge in [-0.1, -0.05) is 0 Å². The van der Waals surface area contributed by atoms with E-state index in [1.54, 1.807) is 0 Å². The number of aliphatic hydroxyl groups is 7. The van der Waals surface area contributed by atoms with Crippen molar-refractivity contribution in [2.75, 3.05) is 28.4 Å². The van der Waals surface area contributed by atoms with Gasteiger partial charge in [-0.05, 0) is 0 Å². The van der Waals surface area contributed by atoms with Crippen LogP contribution < -0.4 is 0 Å². The molecule has 0 bridgehead atoms. The molecule has 0 aliphatic carbocycles. The molecule has 0 aromatic rings. The fourth-order valence-corrected chi connectivity index (χ4v) is 4.48. The third-order valence-corrected chi connectivity index (χ3v) is 6.77. The number of aliphatic hydroxyl groups excluding tert-OH is 7. The number of hydrogen-bond acceptors (Lipinski definition) is 19. The molecule has 0 amide bonds. The summed E-state index contributed by atoms with van der Waals surface area (Å²) in [7, 11) is 4.02. The predicted molar refractivity (Wildman–Crippen MR) is 121 cm³/mol. The lowest BCUT2D eigenvalue weighted by atomic mass is 9.95. The van der Waals surface area contributed by atoms with Gasteiger partial charge in [-0.3, -0.25) is 0 Å². The molecule has 3 heterocycles. The van der Waals surface area contributed by atoms with Gasteiger partial charge in [0.25, 0.3) is 0 Å². The minimum absolute atomic E-state index is 0.933. The maximum Gasteiger partial charge on any atom is 0.337 e. The Bertz CT molecular complexity index is 917. The lowest BCUT2D eigenvalue weighted by molar-refractivity contribution is -0.369. The number of carbonyl (C=O) groups is 3. The number of ether oxygens (including phenoxy) is 9. The van der Waals surface area contributed by atoms with Crippen molar-refractivity contribution in [1.82, 2.24) is 0 Å². The van der Waals surface area contributed by atoms with Crippen molar-refractivity contribution in [3.05, 3.63) is 0 Å². The summed E-state index contributed by atoms with van der Waals surface area (Å²) >= 11 is 0. The standard InChI is InChI=1S/C22H34O19/c1-33-17(30)14-6(24)5(23)9(27)21(39-14)37-13-8(26)11(29)22(41-16(13)19(32)35-3)38-12-7(25)10(28)20(36-4)40-15(12)18(31)34-2/h5-16,20-29H,1-4H3/t5-,6+,7+,8+,9+,10+,11+,12+,13+,14-,15-,16-,20?,21-,22-/m0/s1. The lowest BCUT2D eigenvalue weighted by Crippen LogP contribution is -2.67. The maximum absolute atomic E-state index is 12.6. The molecular formula is C22H34O19. The maximum atomic E-state index is 12.6. The molecule has 0 saturated carbocycles. The molecule has 0 spiro atoms. The first-order valence-electron chi connectivity index (χ1n) is 12.1. The Morgan fingerprint density at radius 3 is 1.22 bits per heavy atom. The van der Waals surface area contributed by atoms with Gasteiger partial charge in [0, 0.05) is 7.11 Å². The number of esters is 3. The van der Waals surface area contributed by atoms with Crippen LogP contribution in [-0.4, -0.2) is 174 Å². The Morgan fingerprint density at radius 2 is 0.805 bits per heavy atom. The molecule has 19 nitrogen and oxygen atoms in total. The van der Waals surface area contributed by atoms with Gasteiger partial charge in [-0.2, -0.15) is 0 Å². The van der Waals surface area contributed by atoms with E-state index in [2.05, 4.69) is 14.2 Å². The monoisotopic (exact) mass is 602 g/mol. The first-order chi connectivity index (χ1) is 19.3. The van der Waals surface area contributed by atoms with Gasteiger partial charge in [0.2, 0.25) is 0 Å². The van der Waals surface area contributed by atoms with Gasteiger partial charge in [-0.25, -0.2) is 14.4 Å². The summed E-state index contributed by atoms with van der Waals surface area (Å²) in [6, 6.07) is 0. The van der Waals surface area contributed by atoms with Gasteiger partial charge < -0.3 is 78.4 Å². The van der Waals surface area contributed by atoms with Crippen molar-refractivity contribution in [2.24, 2.45) is 0 Å². The van der Waals surface area contributed by atoms with Crippen LogP contribution in [0.4, 0.5) is 0 Å². The summed E-state index contributed by atoms with van der Waals surface area (Å²) in [6.07, 6.45) is -28.7. The highest BCUT2D eigenvalue weighted by Crippen LogP contribution is 2.33. The zero-order chi connectivity index (χ0) is 30.8. The molecule has 3 aliphatic heterocycles. The highest BCUT2D eigenvalue weighted by Gasteiger charge is 2.57. The normalized spacial score (nSPS) is 45.0. The van der Waals surface area contributed by atoms with Crippen LogP contribution in [0.15, 0.2) is 0 Å². The molecule has 0 aromatic heterocycles. The molecule has 3 aliphatic rings. The topological polar surface area (TPSA) is 276 Å². The third-order valence-electron chi connectivity index (χ3n) is 6.77. The smallest absolute Gasteiger partial charge is 0.337 e. The van der Waals surface area contributed by atoms with E-state index < -0.39 is 110 Å². The molecule has 0 aromatic carbocycles. The molecule has 236 valence electrons. The quantitative estimate of drug-likeness (QED) is 0.100. The number of carbonyl (C=O) groups excluding carboxylic acids is 3. The van der Waals surface area contributed by atoms with E-state index in [4.69, 9.17) is 28.4 Å². The van der Waals surface area contributed by atoms with Crippen molar-refractivity contribution >= 4 is 17.9 Å². The highest BCUT2D eigenvalue weighted by molar-refractivity contribution is 5.76. The van der Waals surface area contributed by atoms with Gasteiger partial charge in [0.05, 0.1) is 21.3 Å². The fraction of sp³-hybridized carbons (Fsp3) is 0.864. The molecule has 7 N–H and O–H groups in total. The van der Waals surface area contributed by atoms with E-state index in [-0.39, 0.29) is 0 Å². The van der Waals surface area contributed by atoms with E-state index in [1.165, 1.54) is 0 Å². The average molecular weight is 602 g/mol. The van der Waals surface area contributed by atoms with Crippen LogP contribution in [-0.2, 0) is 57.0 Å². The number of rotatable bonds is 8. The summed E-state index contributed by atoms with van der Waals surface area (Å²) in [4.78, 5) is 36.9. The minimum Gasteiger partial charge on any atom is -0.467 e. The second-order valence-corrected chi connectivity index (χ2v) is 9.22. The molecule has 1 unspecified atom stereocenters. The summed E-state index contributed by atoms with van der Waals surface area (Å²) in [5.74, 6) is -3.44. The molecule has 41 heavy (non-hydrogen) atoms. The van der Waals surface area contributed by atoms with Crippen LogP contribution >= 0.6 is 0 Å². The van der Waals surface area contributed by atoms with Crippen molar-refractivity contribution in [3.8, 4) is 0 Å². The third kappa shape index (κ3) is 6.62. The molecular weight excluding hydrogens is 568 g/mol. The van der Waals surface area contributed by atoms with E-state index in [0.717, 1.165) is 28.4 Å². The SMILES string of the molecule is COC(=O)[C@H]1O[C@H](O[C@@H]2[C@H](O)[C@@H](O)[C@@H](O[C@@H]3[C@H](O)[C@@H](O)C(OC)O[C@@H]3C(=O)OC)O[C@@H]2C(=O)OC)[C@H](O)[C@@H](O)[C@H]1O. The van der Waals surface area contributed by atoms with Gasteiger partial charge in [-0.15, -0.1) is 0 Å². The number of hydrogen-bond donors (Lipinski definition) is 7. The van der Waals surface area contributed by atoms with Gasteiger partial charge in [0.1, 0.15) is 54.9 Å². The largest absolute Gasteiger partial charge is 0.467 e. The Balaban J connectivity index is 1.85. The van der Waals surface area contributed by atoms with E-state index in [1.807, 2.05) is 0 Å². The first kappa shape index (κ1) is 33.4. The second kappa shape index (κ2) is 13.9.